The highest BCUT2D eigenvalue weighted by Gasteiger charge is 2.19. The van der Waals surface area contributed by atoms with Gasteiger partial charge in [-0.15, -0.1) is 0 Å². The van der Waals surface area contributed by atoms with Crippen LogP contribution in [-0.4, -0.2) is 42.9 Å². The molecule has 0 unspecified atom stereocenters. The molecule has 2 heterocycles. The second-order valence-electron chi connectivity index (χ2n) is 4.46. The molecule has 1 aliphatic heterocycles. The van der Waals surface area contributed by atoms with Gasteiger partial charge in [-0.25, -0.2) is 8.42 Å². The summed E-state index contributed by atoms with van der Waals surface area (Å²) in [6.07, 6.45) is 2.39. The van der Waals surface area contributed by atoms with E-state index in [0.29, 0.717) is 25.3 Å². The minimum atomic E-state index is -2.85. The average molecular weight is 270 g/mol. The van der Waals surface area contributed by atoms with Crippen LogP contribution in [0.15, 0.2) is 18.3 Å². The molecule has 1 aliphatic rings. The molecule has 0 atom stereocenters. The largest absolute Gasteiger partial charge is 0.324 e. The highest BCUT2D eigenvalue weighted by Crippen LogP contribution is 2.11. The molecule has 18 heavy (non-hydrogen) atoms. The molecule has 0 bridgehead atoms. The lowest BCUT2D eigenvalue weighted by atomic mass is 10.3. The van der Waals surface area contributed by atoms with Crippen molar-refractivity contribution < 1.29 is 8.42 Å². The van der Waals surface area contributed by atoms with Gasteiger partial charge in [-0.1, -0.05) is 0 Å². The highest BCUT2D eigenvalue weighted by atomic mass is 32.2. The van der Waals surface area contributed by atoms with Gasteiger partial charge in [-0.3, -0.25) is 15.7 Å². The maximum absolute atomic E-state index is 11.5. The van der Waals surface area contributed by atoms with Crippen molar-refractivity contribution in [3.63, 3.8) is 0 Å². The van der Waals surface area contributed by atoms with Crippen LogP contribution in [0.3, 0.4) is 0 Å². The number of rotatable bonds is 3. The van der Waals surface area contributed by atoms with E-state index in [9.17, 15) is 8.42 Å². The zero-order valence-corrected chi connectivity index (χ0v) is 11.0. The third kappa shape index (κ3) is 3.66. The van der Waals surface area contributed by atoms with E-state index in [1.54, 1.807) is 12.3 Å². The molecule has 100 valence electrons. The number of hydrogen-bond donors (Lipinski definition) is 2. The molecule has 0 saturated carbocycles. The fourth-order valence-corrected chi connectivity index (χ4v) is 3.34. The van der Waals surface area contributed by atoms with E-state index in [-0.39, 0.29) is 5.75 Å². The Kier molecular flexibility index (Phi) is 4.15. The number of hydrazine groups is 1. The van der Waals surface area contributed by atoms with Crippen LogP contribution in [0, 0.1) is 0 Å². The smallest absolute Gasteiger partial charge is 0.151 e. The van der Waals surface area contributed by atoms with E-state index in [0.717, 1.165) is 17.9 Å². The monoisotopic (exact) mass is 270 g/mol. The number of sulfone groups is 1. The van der Waals surface area contributed by atoms with Crippen molar-refractivity contribution in [2.75, 3.05) is 30.0 Å². The lowest BCUT2D eigenvalue weighted by Crippen LogP contribution is -2.27. The number of nitrogens with two attached hydrogens (primary N) is 1. The summed E-state index contributed by atoms with van der Waals surface area (Å²) in [4.78, 5) is 6.38. The third-order valence-electron chi connectivity index (χ3n) is 3.02. The van der Waals surface area contributed by atoms with Crippen LogP contribution in [0.25, 0.3) is 0 Å². The molecule has 3 N–H and O–H groups in total. The Morgan fingerprint density at radius 1 is 1.39 bits per heavy atom. The van der Waals surface area contributed by atoms with Gasteiger partial charge in [-0.05, 0) is 25.1 Å². The number of hydrogen-bond acceptors (Lipinski definition) is 6. The van der Waals surface area contributed by atoms with Crippen molar-refractivity contribution in [1.29, 1.82) is 0 Å². The summed E-state index contributed by atoms with van der Waals surface area (Å²) in [7, 11) is -2.85. The van der Waals surface area contributed by atoms with Crippen LogP contribution in [-0.2, 0) is 16.4 Å². The van der Waals surface area contributed by atoms with Gasteiger partial charge in [0.25, 0.3) is 0 Å². The summed E-state index contributed by atoms with van der Waals surface area (Å²) in [5.74, 6) is 5.87. The lowest BCUT2D eigenvalue weighted by Gasteiger charge is -2.18. The van der Waals surface area contributed by atoms with E-state index in [4.69, 9.17) is 5.84 Å². The quantitative estimate of drug-likeness (QED) is 0.593. The molecule has 6 nitrogen and oxygen atoms in total. The fourth-order valence-electron chi connectivity index (χ4n) is 2.03. The first-order valence-electron chi connectivity index (χ1n) is 5.93. The summed E-state index contributed by atoms with van der Waals surface area (Å²) in [6, 6.07) is 3.66. The second-order valence-corrected chi connectivity index (χ2v) is 6.77. The van der Waals surface area contributed by atoms with Gasteiger partial charge in [-0.2, -0.15) is 0 Å². The molecule has 0 amide bonds. The topological polar surface area (TPSA) is 88.3 Å². The Hall–Kier alpha value is -1.18. The van der Waals surface area contributed by atoms with Crippen molar-refractivity contribution in [2.24, 2.45) is 5.84 Å². The van der Waals surface area contributed by atoms with Crippen LogP contribution < -0.4 is 11.3 Å². The number of aromatic nitrogens is 1. The molecule has 2 rings (SSSR count). The van der Waals surface area contributed by atoms with Gasteiger partial charge in [0.2, 0.25) is 0 Å². The zero-order valence-electron chi connectivity index (χ0n) is 10.2. The van der Waals surface area contributed by atoms with Crippen LogP contribution in [0.1, 0.15) is 12.1 Å². The van der Waals surface area contributed by atoms with Gasteiger partial charge >= 0.3 is 0 Å². The number of nitrogens with zero attached hydrogens (tertiary/aromatic N) is 2. The first kappa shape index (κ1) is 13.3. The molecule has 0 aliphatic carbocycles. The lowest BCUT2D eigenvalue weighted by molar-refractivity contribution is 0.284. The molecular weight excluding hydrogens is 252 g/mol. The Morgan fingerprint density at radius 3 is 3.00 bits per heavy atom. The van der Waals surface area contributed by atoms with Crippen molar-refractivity contribution in [3.05, 3.63) is 24.0 Å². The average Bonchev–Trinajstić information content (AvgIpc) is 2.51. The van der Waals surface area contributed by atoms with Gasteiger partial charge in [0.05, 0.1) is 22.9 Å². The van der Waals surface area contributed by atoms with Gasteiger partial charge in [0, 0.05) is 19.3 Å². The zero-order chi connectivity index (χ0) is 13.0. The number of nitrogen functional groups attached to an aromatic ring is 1. The Labute approximate surface area is 107 Å². The molecule has 1 aromatic heterocycles. The summed E-state index contributed by atoms with van der Waals surface area (Å²) < 4.78 is 23.0. The maximum Gasteiger partial charge on any atom is 0.151 e. The summed E-state index contributed by atoms with van der Waals surface area (Å²) in [6.45, 7) is 2.02. The highest BCUT2D eigenvalue weighted by molar-refractivity contribution is 7.91. The predicted octanol–water partition coefficient (Wildman–Crippen LogP) is -0.0123. The maximum atomic E-state index is 11.5. The van der Waals surface area contributed by atoms with Crippen molar-refractivity contribution in [3.8, 4) is 0 Å². The van der Waals surface area contributed by atoms with Crippen molar-refractivity contribution in [2.45, 2.75) is 13.0 Å². The molecule has 1 fully saturated rings. The number of nitrogens with one attached hydrogen (secondary N) is 1. The molecule has 0 radical (unpaired) electrons. The first-order chi connectivity index (χ1) is 8.59. The molecule has 1 saturated heterocycles. The van der Waals surface area contributed by atoms with E-state index >= 15 is 0 Å². The van der Waals surface area contributed by atoms with Crippen molar-refractivity contribution in [1.82, 2.24) is 9.88 Å². The fraction of sp³-hybridized carbons (Fsp3) is 0.545. The summed E-state index contributed by atoms with van der Waals surface area (Å²) in [5, 5.41) is 0. The first-order valence-corrected chi connectivity index (χ1v) is 7.75. The van der Waals surface area contributed by atoms with E-state index in [1.807, 2.05) is 6.07 Å². The van der Waals surface area contributed by atoms with Gasteiger partial charge in [0.15, 0.2) is 9.84 Å². The SMILES string of the molecule is NNc1ccnc(CN2CCCS(=O)(=O)CC2)c1. The molecular formula is C11H18N4O2S. The Balaban J connectivity index is 2.00. The predicted molar refractivity (Wildman–Crippen MR) is 70.6 cm³/mol. The minimum Gasteiger partial charge on any atom is -0.324 e. The summed E-state index contributed by atoms with van der Waals surface area (Å²) in [5.41, 5.74) is 4.28. The molecule has 1 aromatic rings. The van der Waals surface area contributed by atoms with Crippen LogP contribution in [0.4, 0.5) is 5.69 Å². The third-order valence-corrected chi connectivity index (χ3v) is 4.73. The summed E-state index contributed by atoms with van der Waals surface area (Å²) >= 11 is 0. The van der Waals surface area contributed by atoms with Crippen LogP contribution in [0.2, 0.25) is 0 Å². The molecule has 0 aromatic carbocycles. The van der Waals surface area contributed by atoms with E-state index < -0.39 is 9.84 Å². The minimum absolute atomic E-state index is 0.238. The van der Waals surface area contributed by atoms with Crippen LogP contribution in [0.5, 0.6) is 0 Å². The van der Waals surface area contributed by atoms with Gasteiger partial charge in [0.1, 0.15) is 0 Å². The van der Waals surface area contributed by atoms with Crippen LogP contribution >= 0.6 is 0 Å². The van der Waals surface area contributed by atoms with E-state index in [1.165, 1.54) is 0 Å². The molecule has 0 spiro atoms. The number of pyridine rings is 1. The molecule has 7 heteroatoms. The second kappa shape index (κ2) is 5.64. The Morgan fingerprint density at radius 2 is 2.22 bits per heavy atom. The van der Waals surface area contributed by atoms with Crippen molar-refractivity contribution >= 4 is 15.5 Å². The van der Waals surface area contributed by atoms with Gasteiger partial charge < -0.3 is 5.43 Å². The number of anilines is 1. The normalized spacial score (nSPS) is 20.3. The Bertz CT molecular complexity index is 504. The van der Waals surface area contributed by atoms with E-state index in [2.05, 4.69) is 15.3 Å². The standard InChI is InChI=1S/C11H18N4O2S/c12-14-10-2-3-13-11(8-10)9-15-4-1-6-18(16,17)7-5-15/h2-3,8H,1,4-7,9,12H2,(H,13,14).